The van der Waals surface area contributed by atoms with Gasteiger partial charge in [0, 0.05) is 18.8 Å². The van der Waals surface area contributed by atoms with Gasteiger partial charge in [0.15, 0.2) is 0 Å². The Morgan fingerprint density at radius 1 is 1.35 bits per heavy atom. The van der Waals surface area contributed by atoms with E-state index in [2.05, 4.69) is 13.8 Å². The molecule has 0 bridgehead atoms. The number of nitrogen functional groups attached to an aromatic ring is 1. The number of nitrogens with two attached hydrogens (primary N) is 1. The van der Waals surface area contributed by atoms with Gasteiger partial charge in [-0.3, -0.25) is 0 Å². The number of hydrogen-bond acceptors (Lipinski definition) is 3. The molecule has 6 heteroatoms. The fraction of sp³-hybridized carbons (Fsp3) is 0.571. The molecule has 20 heavy (non-hydrogen) atoms. The lowest BCUT2D eigenvalue weighted by molar-refractivity contribution is 0.168. The average Bonchev–Trinajstić information content (AvgIpc) is 2.39. The molecule has 2 N–H and O–H groups in total. The molecule has 0 aliphatic carbocycles. The van der Waals surface area contributed by atoms with Gasteiger partial charge in [0.05, 0.1) is 0 Å². The second kappa shape index (κ2) is 5.33. The Labute approximate surface area is 119 Å². The summed E-state index contributed by atoms with van der Waals surface area (Å²) in [4.78, 5) is -0.285. The second-order valence-electron chi connectivity index (χ2n) is 5.76. The first-order valence-electron chi connectivity index (χ1n) is 6.84. The smallest absolute Gasteiger partial charge is 0.245 e. The number of halogens is 1. The van der Waals surface area contributed by atoms with Crippen LogP contribution >= 0.6 is 0 Å². The van der Waals surface area contributed by atoms with Gasteiger partial charge in [-0.05, 0) is 36.5 Å². The summed E-state index contributed by atoms with van der Waals surface area (Å²) in [5.74, 6) is -0.783. The zero-order chi connectivity index (χ0) is 15.0. The summed E-state index contributed by atoms with van der Waals surface area (Å²) in [6, 6.07) is 3.71. The van der Waals surface area contributed by atoms with Gasteiger partial charge < -0.3 is 5.73 Å². The highest BCUT2D eigenvalue weighted by atomic mass is 32.2. The molecule has 1 saturated heterocycles. The van der Waals surface area contributed by atoms with Crippen molar-refractivity contribution in [1.82, 2.24) is 4.31 Å². The molecule has 0 amide bonds. The topological polar surface area (TPSA) is 63.4 Å². The summed E-state index contributed by atoms with van der Waals surface area (Å²) in [6.45, 7) is 5.16. The Kier molecular flexibility index (Phi) is 4.07. The maximum Gasteiger partial charge on any atom is 0.245 e. The fourth-order valence-corrected chi connectivity index (χ4v) is 3.97. The van der Waals surface area contributed by atoms with E-state index in [1.165, 1.54) is 16.4 Å². The van der Waals surface area contributed by atoms with E-state index in [4.69, 9.17) is 5.73 Å². The van der Waals surface area contributed by atoms with Crippen LogP contribution < -0.4 is 5.73 Å². The van der Waals surface area contributed by atoms with Crippen molar-refractivity contribution in [3.8, 4) is 0 Å². The zero-order valence-corrected chi connectivity index (χ0v) is 12.7. The molecule has 1 aromatic rings. The summed E-state index contributed by atoms with van der Waals surface area (Å²) in [5.41, 5.74) is 5.86. The summed E-state index contributed by atoms with van der Waals surface area (Å²) in [6.07, 6.45) is 2.63. The van der Waals surface area contributed by atoms with Crippen LogP contribution in [0.3, 0.4) is 0 Å². The van der Waals surface area contributed by atoms with Crippen molar-refractivity contribution in [1.29, 1.82) is 0 Å². The lowest BCUT2D eigenvalue weighted by Gasteiger charge is -2.38. The second-order valence-corrected chi connectivity index (χ2v) is 7.66. The van der Waals surface area contributed by atoms with Gasteiger partial charge in [0.2, 0.25) is 10.0 Å². The Morgan fingerprint density at radius 3 is 2.45 bits per heavy atom. The molecule has 0 unspecified atom stereocenters. The number of piperidine rings is 1. The van der Waals surface area contributed by atoms with Crippen LogP contribution in [0.15, 0.2) is 23.1 Å². The monoisotopic (exact) mass is 300 g/mol. The number of nitrogens with zero attached hydrogens (tertiary/aromatic N) is 1. The van der Waals surface area contributed by atoms with Crippen molar-refractivity contribution in [2.45, 2.75) is 38.0 Å². The predicted molar refractivity (Wildman–Crippen MR) is 77.2 cm³/mol. The Hall–Kier alpha value is -1.14. The van der Waals surface area contributed by atoms with Crippen molar-refractivity contribution in [3.05, 3.63) is 24.0 Å². The Bertz CT molecular complexity index is 593. The van der Waals surface area contributed by atoms with Gasteiger partial charge >= 0.3 is 0 Å². The minimum absolute atomic E-state index is 0.186. The lowest BCUT2D eigenvalue weighted by atomic mass is 9.79. The highest BCUT2D eigenvalue weighted by Crippen LogP contribution is 2.36. The molecule has 0 radical (unpaired) electrons. The minimum atomic E-state index is -3.77. The number of sulfonamides is 1. The highest BCUT2D eigenvalue weighted by molar-refractivity contribution is 7.89. The van der Waals surface area contributed by atoms with Crippen LogP contribution in [-0.4, -0.2) is 25.8 Å². The fourth-order valence-electron chi connectivity index (χ4n) is 2.49. The first-order valence-corrected chi connectivity index (χ1v) is 8.28. The summed E-state index contributed by atoms with van der Waals surface area (Å²) in [7, 11) is -3.77. The van der Waals surface area contributed by atoms with E-state index in [1.807, 2.05) is 0 Å². The van der Waals surface area contributed by atoms with Gasteiger partial charge in [-0.2, -0.15) is 4.31 Å². The van der Waals surface area contributed by atoms with Crippen molar-refractivity contribution in [2.24, 2.45) is 5.41 Å². The zero-order valence-electron chi connectivity index (χ0n) is 11.9. The number of anilines is 1. The van der Waals surface area contributed by atoms with Crippen LogP contribution in [0.1, 0.15) is 33.1 Å². The van der Waals surface area contributed by atoms with Crippen LogP contribution in [0.2, 0.25) is 0 Å². The van der Waals surface area contributed by atoms with E-state index in [9.17, 15) is 12.8 Å². The van der Waals surface area contributed by atoms with E-state index in [0.29, 0.717) is 13.1 Å². The van der Waals surface area contributed by atoms with Gasteiger partial charge in [-0.15, -0.1) is 0 Å². The molecule has 1 aromatic carbocycles. The van der Waals surface area contributed by atoms with Gasteiger partial charge in [0.1, 0.15) is 10.7 Å². The van der Waals surface area contributed by atoms with Crippen LogP contribution in [0.5, 0.6) is 0 Å². The average molecular weight is 300 g/mol. The number of benzene rings is 1. The highest BCUT2D eigenvalue weighted by Gasteiger charge is 2.35. The number of rotatable bonds is 3. The molecule has 2 rings (SSSR count). The van der Waals surface area contributed by atoms with E-state index < -0.39 is 15.8 Å². The molecule has 4 nitrogen and oxygen atoms in total. The standard InChI is InChI=1S/C14H21FN2O2S/c1-3-14(2)6-8-17(9-7-14)20(18,19)13-5-4-11(16)10-12(13)15/h4-5,10H,3,6-9,16H2,1-2H3. The normalized spacial score (nSPS) is 19.9. The van der Waals surface area contributed by atoms with Crippen LogP contribution in [0.4, 0.5) is 10.1 Å². The SMILES string of the molecule is CCC1(C)CCN(S(=O)(=O)c2ccc(N)cc2F)CC1. The molecule has 0 atom stereocenters. The van der Waals surface area contributed by atoms with Crippen molar-refractivity contribution in [2.75, 3.05) is 18.8 Å². The summed E-state index contributed by atoms with van der Waals surface area (Å²) in [5, 5.41) is 0. The molecule has 0 aromatic heterocycles. The maximum absolute atomic E-state index is 13.8. The molecule has 1 fully saturated rings. The van der Waals surface area contributed by atoms with Crippen molar-refractivity contribution >= 4 is 15.7 Å². The molecule has 1 aliphatic heterocycles. The van der Waals surface area contributed by atoms with Gasteiger partial charge in [-0.25, -0.2) is 12.8 Å². The van der Waals surface area contributed by atoms with Crippen molar-refractivity contribution in [3.63, 3.8) is 0 Å². The Morgan fingerprint density at radius 2 is 1.95 bits per heavy atom. The van der Waals surface area contributed by atoms with E-state index in [1.54, 1.807) is 0 Å². The van der Waals surface area contributed by atoms with Crippen LogP contribution in [0, 0.1) is 11.2 Å². The van der Waals surface area contributed by atoms with Gasteiger partial charge in [-0.1, -0.05) is 20.3 Å². The largest absolute Gasteiger partial charge is 0.399 e. The third-order valence-corrected chi connectivity index (χ3v) is 6.29. The maximum atomic E-state index is 13.8. The van der Waals surface area contributed by atoms with E-state index in [-0.39, 0.29) is 16.0 Å². The first-order chi connectivity index (χ1) is 9.28. The third-order valence-electron chi connectivity index (χ3n) is 4.36. The Balaban J connectivity index is 2.24. The summed E-state index contributed by atoms with van der Waals surface area (Å²) >= 11 is 0. The molecular weight excluding hydrogens is 279 g/mol. The van der Waals surface area contributed by atoms with Gasteiger partial charge in [0.25, 0.3) is 0 Å². The van der Waals surface area contributed by atoms with Crippen LogP contribution in [-0.2, 0) is 10.0 Å². The van der Waals surface area contributed by atoms with Crippen molar-refractivity contribution < 1.29 is 12.8 Å². The third kappa shape index (κ3) is 2.81. The molecule has 112 valence electrons. The molecule has 0 spiro atoms. The minimum Gasteiger partial charge on any atom is -0.399 e. The first kappa shape index (κ1) is 15.3. The van der Waals surface area contributed by atoms with Crippen LogP contribution in [0.25, 0.3) is 0 Å². The van der Waals surface area contributed by atoms with E-state index >= 15 is 0 Å². The quantitative estimate of drug-likeness (QED) is 0.873. The predicted octanol–water partition coefficient (Wildman–Crippen LogP) is 2.61. The summed E-state index contributed by atoms with van der Waals surface area (Å²) < 4.78 is 40.1. The molecule has 1 aliphatic rings. The molecular formula is C14H21FN2O2S. The molecule has 0 saturated carbocycles. The number of hydrogen-bond donors (Lipinski definition) is 1. The lowest BCUT2D eigenvalue weighted by Crippen LogP contribution is -2.42. The van der Waals surface area contributed by atoms with E-state index in [0.717, 1.165) is 25.3 Å². The molecule has 1 heterocycles.